The van der Waals surface area contributed by atoms with Crippen molar-refractivity contribution in [1.82, 2.24) is 4.98 Å². The number of rotatable bonds is 2. The molecule has 3 rings (SSSR count). The van der Waals surface area contributed by atoms with E-state index in [9.17, 15) is 4.79 Å². The number of hydrogen-bond donors (Lipinski definition) is 2. The van der Waals surface area contributed by atoms with Crippen LogP contribution in [0.4, 0.5) is 5.69 Å². The van der Waals surface area contributed by atoms with Crippen LogP contribution >= 0.6 is 15.9 Å². The van der Waals surface area contributed by atoms with Crippen molar-refractivity contribution in [3.8, 4) is 6.07 Å². The monoisotopic (exact) mass is 339 g/mol. The van der Waals surface area contributed by atoms with E-state index in [0.29, 0.717) is 16.8 Å². The van der Waals surface area contributed by atoms with Crippen LogP contribution in [0.25, 0.3) is 10.9 Å². The van der Waals surface area contributed by atoms with Crippen molar-refractivity contribution in [2.24, 2.45) is 0 Å². The number of halogens is 1. The fourth-order valence-corrected chi connectivity index (χ4v) is 2.55. The molecule has 4 nitrogen and oxygen atoms in total. The van der Waals surface area contributed by atoms with Crippen LogP contribution in [0.1, 0.15) is 15.9 Å². The number of aromatic amines is 1. The number of carbonyl (C=O) groups is 1. The molecule has 0 saturated heterocycles. The topological polar surface area (TPSA) is 68.7 Å². The maximum Gasteiger partial charge on any atom is 0.256 e. The van der Waals surface area contributed by atoms with Gasteiger partial charge in [0.2, 0.25) is 0 Å². The van der Waals surface area contributed by atoms with Crippen LogP contribution in [0.15, 0.2) is 53.1 Å². The number of nitrogens with one attached hydrogen (secondary N) is 2. The van der Waals surface area contributed by atoms with Crippen molar-refractivity contribution >= 4 is 38.4 Å². The second-order valence-corrected chi connectivity index (χ2v) is 5.42. The van der Waals surface area contributed by atoms with Gasteiger partial charge in [-0.15, -0.1) is 0 Å². The average molecular weight is 340 g/mol. The summed E-state index contributed by atoms with van der Waals surface area (Å²) >= 11 is 3.34. The summed E-state index contributed by atoms with van der Waals surface area (Å²) in [7, 11) is 0. The number of fused-ring (bicyclic) bond motifs is 1. The number of nitrogens with zero attached hydrogens (tertiary/aromatic N) is 1. The lowest BCUT2D eigenvalue weighted by Crippen LogP contribution is -2.13. The first-order chi connectivity index (χ1) is 10.2. The summed E-state index contributed by atoms with van der Waals surface area (Å²) in [5.74, 6) is -0.241. The van der Waals surface area contributed by atoms with Gasteiger partial charge in [-0.05, 0) is 36.4 Å². The Morgan fingerprint density at radius 1 is 1.24 bits per heavy atom. The molecule has 0 bridgehead atoms. The Kier molecular flexibility index (Phi) is 3.46. The molecule has 1 amide bonds. The van der Waals surface area contributed by atoms with Gasteiger partial charge in [0.25, 0.3) is 5.91 Å². The SMILES string of the molecule is N#Cc1ccc(Br)cc1NC(=O)c1cccc2[nH]ccc12. The summed E-state index contributed by atoms with van der Waals surface area (Å²) in [6.07, 6.45) is 1.79. The third-order valence-corrected chi connectivity index (χ3v) is 3.68. The molecule has 1 aromatic heterocycles. The first-order valence-corrected chi connectivity index (χ1v) is 7.05. The Hall–Kier alpha value is -2.58. The number of carbonyl (C=O) groups excluding carboxylic acids is 1. The lowest BCUT2D eigenvalue weighted by molar-refractivity contribution is 0.102. The molecule has 0 atom stereocenters. The van der Waals surface area contributed by atoms with Gasteiger partial charge in [-0.3, -0.25) is 4.79 Å². The highest BCUT2D eigenvalue weighted by atomic mass is 79.9. The highest BCUT2D eigenvalue weighted by Gasteiger charge is 2.12. The molecule has 102 valence electrons. The molecule has 0 aliphatic carbocycles. The summed E-state index contributed by atoms with van der Waals surface area (Å²) < 4.78 is 0.802. The molecule has 0 aliphatic heterocycles. The molecule has 0 spiro atoms. The molecular weight excluding hydrogens is 330 g/mol. The third kappa shape index (κ3) is 2.54. The Morgan fingerprint density at radius 3 is 2.90 bits per heavy atom. The normalized spacial score (nSPS) is 10.3. The van der Waals surface area contributed by atoms with E-state index >= 15 is 0 Å². The second kappa shape index (κ2) is 5.43. The lowest BCUT2D eigenvalue weighted by atomic mass is 10.1. The molecule has 0 radical (unpaired) electrons. The largest absolute Gasteiger partial charge is 0.361 e. The van der Waals surface area contributed by atoms with Crippen molar-refractivity contribution in [3.05, 3.63) is 64.3 Å². The maximum absolute atomic E-state index is 12.5. The summed E-state index contributed by atoms with van der Waals surface area (Å²) in [6.45, 7) is 0. The minimum Gasteiger partial charge on any atom is -0.361 e. The number of aromatic nitrogens is 1. The van der Waals surface area contributed by atoms with Crippen LogP contribution in [-0.2, 0) is 0 Å². The van der Waals surface area contributed by atoms with E-state index < -0.39 is 0 Å². The molecule has 1 heterocycles. The van der Waals surface area contributed by atoms with E-state index in [2.05, 4.69) is 32.3 Å². The fourth-order valence-electron chi connectivity index (χ4n) is 2.19. The van der Waals surface area contributed by atoms with E-state index in [1.807, 2.05) is 18.2 Å². The minimum atomic E-state index is -0.241. The molecule has 5 heteroatoms. The number of H-pyrrole nitrogens is 1. The van der Waals surface area contributed by atoms with Crippen LogP contribution in [-0.4, -0.2) is 10.9 Å². The van der Waals surface area contributed by atoms with Crippen LogP contribution in [0, 0.1) is 11.3 Å². The summed E-state index contributed by atoms with van der Waals surface area (Å²) in [4.78, 5) is 15.5. The predicted molar refractivity (Wildman–Crippen MR) is 85.1 cm³/mol. The smallest absolute Gasteiger partial charge is 0.256 e. The van der Waals surface area contributed by atoms with E-state index in [4.69, 9.17) is 5.26 Å². The number of hydrogen-bond acceptors (Lipinski definition) is 2. The first-order valence-electron chi connectivity index (χ1n) is 6.26. The molecule has 0 fully saturated rings. The van der Waals surface area contributed by atoms with Crippen LogP contribution in [0.2, 0.25) is 0 Å². The Morgan fingerprint density at radius 2 is 2.10 bits per heavy atom. The zero-order valence-corrected chi connectivity index (χ0v) is 12.4. The number of amides is 1. The fraction of sp³-hybridized carbons (Fsp3) is 0. The summed E-state index contributed by atoms with van der Waals surface area (Å²) in [5, 5.41) is 12.8. The Labute approximate surface area is 129 Å². The van der Waals surface area contributed by atoms with Crippen molar-refractivity contribution in [3.63, 3.8) is 0 Å². The van der Waals surface area contributed by atoms with Gasteiger partial charge in [0, 0.05) is 27.1 Å². The van der Waals surface area contributed by atoms with Gasteiger partial charge in [-0.2, -0.15) is 5.26 Å². The summed E-state index contributed by atoms with van der Waals surface area (Å²) in [5.41, 5.74) is 2.38. The highest BCUT2D eigenvalue weighted by Crippen LogP contribution is 2.23. The number of benzene rings is 2. The van der Waals surface area contributed by atoms with Gasteiger partial charge in [0.15, 0.2) is 0 Å². The predicted octanol–water partition coefficient (Wildman–Crippen LogP) is 4.05. The van der Waals surface area contributed by atoms with Crippen LogP contribution < -0.4 is 5.32 Å². The molecule has 2 N–H and O–H groups in total. The van der Waals surface area contributed by atoms with Gasteiger partial charge in [-0.25, -0.2) is 0 Å². The van der Waals surface area contributed by atoms with E-state index in [0.717, 1.165) is 15.4 Å². The quantitative estimate of drug-likeness (QED) is 0.739. The summed E-state index contributed by atoms with van der Waals surface area (Å²) in [6, 6.07) is 14.6. The van der Waals surface area contributed by atoms with Crippen LogP contribution in [0.5, 0.6) is 0 Å². The van der Waals surface area contributed by atoms with Gasteiger partial charge in [0.05, 0.1) is 11.3 Å². The van der Waals surface area contributed by atoms with Crippen LogP contribution in [0.3, 0.4) is 0 Å². The van der Waals surface area contributed by atoms with E-state index in [1.165, 1.54) is 0 Å². The maximum atomic E-state index is 12.5. The third-order valence-electron chi connectivity index (χ3n) is 3.19. The molecule has 0 aliphatic rings. The van der Waals surface area contributed by atoms with Crippen molar-refractivity contribution < 1.29 is 4.79 Å². The molecular formula is C16H10BrN3O. The Balaban J connectivity index is 1.99. The number of anilines is 1. The molecule has 3 aromatic rings. The van der Waals surface area contributed by atoms with Gasteiger partial charge in [0.1, 0.15) is 6.07 Å². The standard InChI is InChI=1S/C16H10BrN3O/c17-11-5-4-10(9-18)15(8-11)20-16(21)13-2-1-3-14-12(13)6-7-19-14/h1-8,19H,(H,20,21). The molecule has 0 unspecified atom stereocenters. The van der Waals surface area contributed by atoms with E-state index in [1.54, 1.807) is 30.5 Å². The average Bonchev–Trinajstić information content (AvgIpc) is 2.95. The lowest BCUT2D eigenvalue weighted by Gasteiger charge is -2.08. The molecule has 2 aromatic carbocycles. The zero-order valence-electron chi connectivity index (χ0n) is 10.9. The first kappa shape index (κ1) is 13.4. The second-order valence-electron chi connectivity index (χ2n) is 4.50. The van der Waals surface area contributed by atoms with Crippen molar-refractivity contribution in [1.29, 1.82) is 5.26 Å². The molecule has 21 heavy (non-hydrogen) atoms. The zero-order chi connectivity index (χ0) is 14.8. The van der Waals surface area contributed by atoms with Crippen molar-refractivity contribution in [2.75, 3.05) is 5.32 Å². The van der Waals surface area contributed by atoms with Gasteiger partial charge in [-0.1, -0.05) is 22.0 Å². The van der Waals surface area contributed by atoms with E-state index in [-0.39, 0.29) is 5.91 Å². The van der Waals surface area contributed by atoms with Gasteiger partial charge < -0.3 is 10.3 Å². The van der Waals surface area contributed by atoms with Crippen molar-refractivity contribution in [2.45, 2.75) is 0 Å². The minimum absolute atomic E-state index is 0.241. The Bertz CT molecular complexity index is 877. The number of nitriles is 1. The molecule has 0 saturated carbocycles. The van der Waals surface area contributed by atoms with Gasteiger partial charge >= 0.3 is 0 Å². The highest BCUT2D eigenvalue weighted by molar-refractivity contribution is 9.10.